The summed E-state index contributed by atoms with van der Waals surface area (Å²) in [4.78, 5) is 11.3. The molecule has 82 valence electrons. The number of hydrogen-bond acceptors (Lipinski definition) is 4. The third kappa shape index (κ3) is 3.61. The molecule has 5 nitrogen and oxygen atoms in total. The van der Waals surface area contributed by atoms with Crippen molar-refractivity contribution in [2.75, 3.05) is 33.4 Å². The summed E-state index contributed by atoms with van der Waals surface area (Å²) in [7, 11) is 1.75. The average Bonchev–Trinajstić information content (AvgIpc) is 2.26. The summed E-state index contributed by atoms with van der Waals surface area (Å²) in [6.45, 7) is 4.16. The highest BCUT2D eigenvalue weighted by Gasteiger charge is 2.16. The summed E-state index contributed by atoms with van der Waals surface area (Å²) in [6, 6.07) is -0.167. The van der Waals surface area contributed by atoms with Crippen LogP contribution >= 0.6 is 0 Å². The lowest BCUT2D eigenvalue weighted by Crippen LogP contribution is -2.45. The second-order valence-electron chi connectivity index (χ2n) is 3.32. The molecule has 1 saturated heterocycles. The number of hydrogen-bond donors (Lipinski definition) is 2. The van der Waals surface area contributed by atoms with E-state index >= 15 is 0 Å². The number of carbonyl (C=O) groups is 1. The van der Waals surface area contributed by atoms with Crippen molar-refractivity contribution in [2.45, 2.75) is 19.1 Å². The lowest BCUT2D eigenvalue weighted by atomic mass is 10.3. The van der Waals surface area contributed by atoms with Gasteiger partial charge in [0, 0.05) is 6.54 Å². The van der Waals surface area contributed by atoms with Gasteiger partial charge in [-0.2, -0.15) is 0 Å². The third-order valence-electron chi connectivity index (χ3n) is 2.22. The highest BCUT2D eigenvalue weighted by molar-refractivity contribution is 5.81. The predicted octanol–water partition coefficient (Wildman–Crippen LogP) is -0.874. The fourth-order valence-corrected chi connectivity index (χ4v) is 1.15. The molecule has 2 N–H and O–H groups in total. The van der Waals surface area contributed by atoms with E-state index in [1.54, 1.807) is 7.05 Å². The van der Waals surface area contributed by atoms with Crippen LogP contribution < -0.4 is 10.6 Å². The molecule has 1 heterocycles. The van der Waals surface area contributed by atoms with Crippen molar-refractivity contribution in [1.29, 1.82) is 0 Å². The fraction of sp³-hybridized carbons (Fsp3) is 0.889. The minimum absolute atomic E-state index is 0.00300. The zero-order valence-corrected chi connectivity index (χ0v) is 8.71. The molecule has 0 aromatic carbocycles. The Bertz CT molecular complexity index is 181. The topological polar surface area (TPSA) is 59.6 Å². The van der Waals surface area contributed by atoms with Gasteiger partial charge in [0.25, 0.3) is 0 Å². The Morgan fingerprint density at radius 2 is 2.36 bits per heavy atom. The molecule has 5 heteroatoms. The van der Waals surface area contributed by atoms with Gasteiger partial charge >= 0.3 is 0 Å². The van der Waals surface area contributed by atoms with Gasteiger partial charge in [0.05, 0.1) is 32.0 Å². The maximum atomic E-state index is 11.3. The highest BCUT2D eigenvalue weighted by atomic mass is 16.6. The van der Waals surface area contributed by atoms with E-state index < -0.39 is 0 Å². The monoisotopic (exact) mass is 202 g/mol. The molecule has 2 unspecified atom stereocenters. The van der Waals surface area contributed by atoms with Gasteiger partial charge in [0.1, 0.15) is 0 Å². The summed E-state index contributed by atoms with van der Waals surface area (Å²) in [6.07, 6.45) is -0.00300. The molecule has 0 aromatic rings. The number of carbonyl (C=O) groups excluding carboxylic acids is 1. The van der Waals surface area contributed by atoms with Crippen molar-refractivity contribution in [3.8, 4) is 0 Å². The van der Waals surface area contributed by atoms with Crippen molar-refractivity contribution in [1.82, 2.24) is 10.6 Å². The zero-order valence-electron chi connectivity index (χ0n) is 8.71. The van der Waals surface area contributed by atoms with Crippen LogP contribution in [0.2, 0.25) is 0 Å². The van der Waals surface area contributed by atoms with Gasteiger partial charge in [0.15, 0.2) is 0 Å². The van der Waals surface area contributed by atoms with E-state index in [1.807, 2.05) is 6.92 Å². The van der Waals surface area contributed by atoms with Crippen LogP contribution in [-0.2, 0) is 14.3 Å². The molecule has 1 amide bonds. The first-order valence-electron chi connectivity index (χ1n) is 4.88. The molecule has 1 fully saturated rings. The van der Waals surface area contributed by atoms with Crippen LogP contribution in [0.25, 0.3) is 0 Å². The van der Waals surface area contributed by atoms with Crippen molar-refractivity contribution in [3.63, 3.8) is 0 Å². The molecule has 0 spiro atoms. The summed E-state index contributed by atoms with van der Waals surface area (Å²) in [5.41, 5.74) is 0. The van der Waals surface area contributed by atoms with Gasteiger partial charge in [-0.05, 0) is 14.0 Å². The van der Waals surface area contributed by atoms with E-state index in [9.17, 15) is 4.79 Å². The standard InChI is InChI=1S/C9H18N2O3/c1-7(10-2)9(12)11-5-8-6-13-3-4-14-8/h7-8,10H,3-6H2,1-2H3,(H,11,12). The highest BCUT2D eigenvalue weighted by Crippen LogP contribution is 1.98. The molecule has 0 bridgehead atoms. The largest absolute Gasteiger partial charge is 0.376 e. The minimum atomic E-state index is -0.167. The second-order valence-corrected chi connectivity index (χ2v) is 3.32. The van der Waals surface area contributed by atoms with Gasteiger partial charge in [-0.1, -0.05) is 0 Å². The maximum Gasteiger partial charge on any atom is 0.236 e. The number of amides is 1. The number of likely N-dealkylation sites (N-methyl/N-ethyl adjacent to an activating group) is 1. The first kappa shape index (κ1) is 11.4. The van der Waals surface area contributed by atoms with E-state index in [0.29, 0.717) is 26.4 Å². The smallest absolute Gasteiger partial charge is 0.236 e. The van der Waals surface area contributed by atoms with E-state index in [4.69, 9.17) is 9.47 Å². The molecule has 2 atom stereocenters. The molecular weight excluding hydrogens is 184 g/mol. The van der Waals surface area contributed by atoms with Gasteiger partial charge in [-0.25, -0.2) is 0 Å². The predicted molar refractivity (Wildman–Crippen MR) is 52.1 cm³/mol. The summed E-state index contributed by atoms with van der Waals surface area (Å²) >= 11 is 0. The van der Waals surface area contributed by atoms with Crippen molar-refractivity contribution >= 4 is 5.91 Å². The third-order valence-corrected chi connectivity index (χ3v) is 2.22. The first-order chi connectivity index (χ1) is 6.74. The fourth-order valence-electron chi connectivity index (χ4n) is 1.15. The van der Waals surface area contributed by atoms with Gasteiger partial charge in [-0.15, -0.1) is 0 Å². The Kier molecular flexibility index (Phi) is 4.86. The molecule has 0 radical (unpaired) electrons. The van der Waals surface area contributed by atoms with E-state index in [2.05, 4.69) is 10.6 Å². The summed E-state index contributed by atoms with van der Waals surface area (Å²) < 4.78 is 10.6. The Morgan fingerprint density at radius 3 is 2.93 bits per heavy atom. The Labute approximate surface area is 84.1 Å². The zero-order chi connectivity index (χ0) is 10.4. The molecule has 0 aliphatic carbocycles. The van der Waals surface area contributed by atoms with Crippen LogP contribution in [0.1, 0.15) is 6.92 Å². The lowest BCUT2D eigenvalue weighted by Gasteiger charge is -2.23. The van der Waals surface area contributed by atoms with E-state index in [-0.39, 0.29) is 18.1 Å². The molecular formula is C9H18N2O3. The first-order valence-corrected chi connectivity index (χ1v) is 4.88. The molecule has 1 aliphatic rings. The van der Waals surface area contributed by atoms with Gasteiger partial charge < -0.3 is 20.1 Å². The molecule has 1 aliphatic heterocycles. The Morgan fingerprint density at radius 1 is 1.57 bits per heavy atom. The van der Waals surface area contributed by atoms with Crippen molar-refractivity contribution in [2.24, 2.45) is 0 Å². The van der Waals surface area contributed by atoms with E-state index in [0.717, 1.165) is 0 Å². The Balaban J connectivity index is 2.15. The number of ether oxygens (including phenoxy) is 2. The molecule has 1 rings (SSSR count). The summed E-state index contributed by atoms with van der Waals surface area (Å²) in [5.74, 6) is -0.0123. The molecule has 14 heavy (non-hydrogen) atoms. The molecule has 0 aromatic heterocycles. The van der Waals surface area contributed by atoms with E-state index in [1.165, 1.54) is 0 Å². The SMILES string of the molecule is CNC(C)C(=O)NCC1COCCO1. The van der Waals surface area contributed by atoms with Crippen LogP contribution in [0, 0.1) is 0 Å². The van der Waals surface area contributed by atoms with Crippen LogP contribution in [-0.4, -0.2) is 51.5 Å². The summed E-state index contributed by atoms with van der Waals surface area (Å²) in [5, 5.41) is 5.66. The minimum Gasteiger partial charge on any atom is -0.376 e. The number of rotatable bonds is 4. The van der Waals surface area contributed by atoms with Crippen molar-refractivity contribution in [3.05, 3.63) is 0 Å². The van der Waals surface area contributed by atoms with Crippen LogP contribution in [0.15, 0.2) is 0 Å². The van der Waals surface area contributed by atoms with Gasteiger partial charge in [0.2, 0.25) is 5.91 Å². The van der Waals surface area contributed by atoms with Crippen LogP contribution in [0.5, 0.6) is 0 Å². The molecule has 0 saturated carbocycles. The van der Waals surface area contributed by atoms with Gasteiger partial charge in [-0.3, -0.25) is 4.79 Å². The van der Waals surface area contributed by atoms with Crippen molar-refractivity contribution < 1.29 is 14.3 Å². The average molecular weight is 202 g/mol. The lowest BCUT2D eigenvalue weighted by molar-refractivity contribution is -0.125. The van der Waals surface area contributed by atoms with Crippen LogP contribution in [0.3, 0.4) is 0 Å². The normalized spacial score (nSPS) is 24.3. The maximum absolute atomic E-state index is 11.3. The van der Waals surface area contributed by atoms with Crippen LogP contribution in [0.4, 0.5) is 0 Å². The number of nitrogens with one attached hydrogen (secondary N) is 2. The Hall–Kier alpha value is -0.650. The second kappa shape index (κ2) is 5.95. The quantitative estimate of drug-likeness (QED) is 0.622.